The Bertz CT molecular complexity index is 150. The molecule has 7 heteroatoms. The van der Waals surface area contributed by atoms with Crippen LogP contribution in [0.3, 0.4) is 0 Å². The molecule has 1 saturated heterocycles. The number of carbonyl (C=O) groups is 3. The van der Waals surface area contributed by atoms with Gasteiger partial charge in [0.15, 0.2) is 0 Å². The minimum absolute atomic E-state index is 0. The van der Waals surface area contributed by atoms with Gasteiger partial charge in [0.2, 0.25) is 11.8 Å². The van der Waals surface area contributed by atoms with Gasteiger partial charge in [-0.3, -0.25) is 20.2 Å². The molecule has 0 atom stereocenters. The van der Waals surface area contributed by atoms with E-state index in [2.05, 4.69) is 0 Å². The molecule has 2 N–H and O–H groups in total. The zero-order chi connectivity index (χ0) is 6.85. The second-order valence-corrected chi connectivity index (χ2v) is 1.60. The van der Waals surface area contributed by atoms with Crippen molar-refractivity contribution in [1.29, 1.82) is 0 Å². The summed E-state index contributed by atoms with van der Waals surface area (Å²) >= 11 is 0. The van der Waals surface area contributed by atoms with Crippen molar-refractivity contribution in [3.63, 3.8) is 0 Å². The summed E-state index contributed by atoms with van der Waals surface area (Å²) in [5.74, 6) is -1.10. The number of urea groups is 1. The number of rotatable bonds is 0. The van der Waals surface area contributed by atoms with Crippen LogP contribution in [-0.2, 0) is 9.59 Å². The third kappa shape index (κ3) is 5.60. The first-order valence-corrected chi connectivity index (χ1v) is 2.32. The van der Waals surface area contributed by atoms with E-state index in [1.54, 1.807) is 0 Å². The zero-order valence-corrected chi connectivity index (χ0v) is 14.2. The summed E-state index contributed by atoms with van der Waals surface area (Å²) in [5, 5.41) is 3.80. The van der Waals surface area contributed by atoms with Crippen LogP contribution in [0.5, 0.6) is 0 Å². The van der Waals surface area contributed by atoms with Crippen molar-refractivity contribution in [2.45, 2.75) is 6.42 Å². The van der Waals surface area contributed by atoms with Gasteiger partial charge in [-0.15, -0.1) is 0 Å². The van der Waals surface area contributed by atoms with Gasteiger partial charge in [0.1, 0.15) is 6.42 Å². The SMILES string of the molecule is O=C1CC(=O)NC(=O)N1.[Cs+].[I-]. The van der Waals surface area contributed by atoms with E-state index >= 15 is 0 Å². The summed E-state index contributed by atoms with van der Waals surface area (Å²) in [6, 6.07) is -0.740. The minimum atomic E-state index is -0.740. The Morgan fingerprint density at radius 1 is 1.00 bits per heavy atom. The van der Waals surface area contributed by atoms with Gasteiger partial charge in [0, 0.05) is 0 Å². The fraction of sp³-hybridized carbons (Fsp3) is 0.250. The van der Waals surface area contributed by atoms with E-state index in [1.807, 2.05) is 10.6 Å². The van der Waals surface area contributed by atoms with E-state index in [0.29, 0.717) is 0 Å². The molecule has 0 aromatic carbocycles. The Morgan fingerprint density at radius 2 is 1.36 bits per heavy atom. The van der Waals surface area contributed by atoms with E-state index in [4.69, 9.17) is 0 Å². The fourth-order valence-electron chi connectivity index (χ4n) is 0.519. The van der Waals surface area contributed by atoms with Crippen LogP contribution in [0.2, 0.25) is 0 Å². The molecule has 5 nitrogen and oxygen atoms in total. The maximum Gasteiger partial charge on any atom is 1.00 e. The van der Waals surface area contributed by atoms with Gasteiger partial charge in [-0.1, -0.05) is 0 Å². The molecule has 0 saturated carbocycles. The number of nitrogens with one attached hydrogen (secondary N) is 2. The van der Waals surface area contributed by atoms with Crippen LogP contribution >= 0.6 is 0 Å². The Kier molecular flexibility index (Phi) is 9.29. The molecular formula is C4H4CsIN2O3. The number of hydrogen-bond acceptors (Lipinski definition) is 3. The van der Waals surface area contributed by atoms with Crippen LogP contribution in [0.25, 0.3) is 0 Å². The average molecular weight is 388 g/mol. The number of barbiturate groups is 1. The summed E-state index contributed by atoms with van der Waals surface area (Å²) < 4.78 is 0. The van der Waals surface area contributed by atoms with Crippen LogP contribution in [0.4, 0.5) is 4.79 Å². The molecule has 1 heterocycles. The van der Waals surface area contributed by atoms with Crippen LogP contribution in [0.15, 0.2) is 0 Å². The van der Waals surface area contributed by atoms with Crippen molar-refractivity contribution in [1.82, 2.24) is 10.6 Å². The largest absolute Gasteiger partial charge is 1.00 e. The summed E-state index contributed by atoms with van der Waals surface area (Å²) in [6.07, 6.45) is -0.258. The number of amides is 4. The van der Waals surface area contributed by atoms with E-state index in [1.165, 1.54) is 0 Å². The molecule has 0 radical (unpaired) electrons. The second-order valence-electron chi connectivity index (χ2n) is 1.60. The number of carbonyl (C=O) groups excluding carboxylic acids is 3. The maximum atomic E-state index is 10.3. The smallest absolute Gasteiger partial charge is 1.00 e. The normalized spacial score (nSPS) is 15.5. The van der Waals surface area contributed by atoms with Crippen molar-refractivity contribution in [3.05, 3.63) is 0 Å². The molecule has 0 aliphatic carbocycles. The topological polar surface area (TPSA) is 75.3 Å². The van der Waals surface area contributed by atoms with Crippen LogP contribution in [-0.4, -0.2) is 17.8 Å². The third-order valence-corrected chi connectivity index (χ3v) is 0.827. The summed E-state index contributed by atoms with van der Waals surface area (Å²) in [4.78, 5) is 30.8. The first-order valence-electron chi connectivity index (χ1n) is 2.32. The van der Waals surface area contributed by atoms with Crippen LogP contribution in [0, 0.1) is 0 Å². The van der Waals surface area contributed by atoms with Gasteiger partial charge < -0.3 is 24.0 Å². The van der Waals surface area contributed by atoms with Crippen molar-refractivity contribution in [3.8, 4) is 0 Å². The molecular weight excluding hydrogens is 384 g/mol. The summed E-state index contributed by atoms with van der Waals surface area (Å²) in [5.41, 5.74) is 0. The average Bonchev–Trinajstić information content (AvgIpc) is 1.59. The van der Waals surface area contributed by atoms with Gasteiger partial charge in [0.25, 0.3) is 0 Å². The maximum absolute atomic E-state index is 10.3. The second kappa shape index (κ2) is 6.86. The minimum Gasteiger partial charge on any atom is -1.00 e. The standard InChI is InChI=1S/C4H4N2O3.Cs.HI/c7-2-1-3(8)6-4(9)5-2;;/h1H2,(H2,5,6,7,8,9);;1H/q;+1;/p-1. The molecule has 11 heavy (non-hydrogen) atoms. The molecule has 56 valence electrons. The van der Waals surface area contributed by atoms with E-state index in [-0.39, 0.29) is 99.3 Å². The quantitative estimate of drug-likeness (QED) is 0.320. The van der Waals surface area contributed by atoms with Gasteiger partial charge in [0.05, 0.1) is 0 Å². The third-order valence-electron chi connectivity index (χ3n) is 0.827. The van der Waals surface area contributed by atoms with Crippen molar-refractivity contribution < 1.29 is 107 Å². The first kappa shape index (κ1) is 14.9. The number of hydrogen-bond donors (Lipinski definition) is 2. The van der Waals surface area contributed by atoms with Crippen molar-refractivity contribution in [2.24, 2.45) is 0 Å². The molecule has 0 aromatic rings. The van der Waals surface area contributed by atoms with E-state index in [0.717, 1.165) is 0 Å². The molecule has 1 aliphatic heterocycles. The molecule has 1 rings (SSSR count). The van der Waals surface area contributed by atoms with E-state index in [9.17, 15) is 14.4 Å². The Morgan fingerprint density at radius 3 is 1.64 bits per heavy atom. The van der Waals surface area contributed by atoms with Gasteiger partial charge >= 0.3 is 74.9 Å². The van der Waals surface area contributed by atoms with Crippen LogP contribution in [0.1, 0.15) is 6.42 Å². The molecule has 0 bridgehead atoms. The summed E-state index contributed by atoms with van der Waals surface area (Å²) in [6.45, 7) is 0. The molecule has 0 aromatic heterocycles. The number of imide groups is 2. The zero-order valence-electron chi connectivity index (χ0n) is 5.81. The Balaban J connectivity index is 0. The Hall–Kier alpha value is 1.39. The number of halogens is 1. The molecule has 0 spiro atoms. The Labute approximate surface area is 139 Å². The van der Waals surface area contributed by atoms with E-state index < -0.39 is 17.8 Å². The van der Waals surface area contributed by atoms with Gasteiger partial charge in [-0.25, -0.2) is 4.79 Å². The molecule has 1 aliphatic rings. The van der Waals surface area contributed by atoms with Crippen molar-refractivity contribution in [2.75, 3.05) is 0 Å². The fourth-order valence-corrected chi connectivity index (χ4v) is 0.519. The molecule has 0 unspecified atom stereocenters. The predicted octanol–water partition coefficient (Wildman–Crippen LogP) is -7.25. The van der Waals surface area contributed by atoms with Gasteiger partial charge in [-0.05, 0) is 0 Å². The van der Waals surface area contributed by atoms with Crippen LogP contribution < -0.4 is 104 Å². The molecule has 1 fully saturated rings. The van der Waals surface area contributed by atoms with Crippen molar-refractivity contribution >= 4 is 17.8 Å². The summed E-state index contributed by atoms with van der Waals surface area (Å²) in [7, 11) is 0. The predicted molar refractivity (Wildman–Crippen MR) is 26.3 cm³/mol. The molecule has 4 amide bonds. The first-order chi connectivity index (χ1) is 4.18. The monoisotopic (exact) mass is 388 g/mol. The van der Waals surface area contributed by atoms with Gasteiger partial charge in [-0.2, -0.15) is 0 Å².